The van der Waals surface area contributed by atoms with Gasteiger partial charge < -0.3 is 10.4 Å². The molecule has 1 aromatic carbocycles. The molecule has 24 heavy (non-hydrogen) atoms. The summed E-state index contributed by atoms with van der Waals surface area (Å²) in [6, 6.07) is 6.79. The summed E-state index contributed by atoms with van der Waals surface area (Å²) in [5.74, 6) is 0.420. The zero-order valence-corrected chi connectivity index (χ0v) is 16.9. The van der Waals surface area contributed by atoms with Gasteiger partial charge in [0.25, 0.3) is 0 Å². The Morgan fingerprint density at radius 2 is 1.67 bits per heavy atom. The third-order valence-corrected chi connectivity index (χ3v) is 5.02. The van der Waals surface area contributed by atoms with Crippen LogP contribution in [0.1, 0.15) is 84.3 Å². The van der Waals surface area contributed by atoms with Crippen LogP contribution in [0.2, 0.25) is 0 Å². The van der Waals surface area contributed by atoms with Crippen molar-refractivity contribution in [3.8, 4) is 5.75 Å². The smallest absolute Gasteiger partial charge is 0.120 e. The minimum atomic E-state index is 0. The van der Waals surface area contributed by atoms with Crippen LogP contribution in [-0.2, 0) is 12.0 Å². The van der Waals surface area contributed by atoms with Gasteiger partial charge in [-0.2, -0.15) is 0 Å². The van der Waals surface area contributed by atoms with Crippen LogP contribution in [0.15, 0.2) is 18.2 Å². The molecule has 1 aromatic rings. The topological polar surface area (TPSA) is 32.3 Å². The van der Waals surface area contributed by atoms with Crippen molar-refractivity contribution < 1.29 is 5.11 Å². The second kappa shape index (κ2) is 8.58. The highest BCUT2D eigenvalue weighted by molar-refractivity contribution is 5.85. The molecule has 0 spiro atoms. The van der Waals surface area contributed by atoms with Gasteiger partial charge in [0.1, 0.15) is 5.75 Å². The predicted octanol–water partition coefficient (Wildman–Crippen LogP) is 5.95. The summed E-state index contributed by atoms with van der Waals surface area (Å²) in [7, 11) is 0. The Kier molecular flexibility index (Phi) is 7.62. The van der Waals surface area contributed by atoms with Crippen LogP contribution >= 0.6 is 12.4 Å². The summed E-state index contributed by atoms with van der Waals surface area (Å²) in [5.41, 5.74) is 2.77. The van der Waals surface area contributed by atoms with Crippen LogP contribution in [0.4, 0.5) is 0 Å². The van der Waals surface area contributed by atoms with Gasteiger partial charge in [0.2, 0.25) is 0 Å². The lowest BCUT2D eigenvalue weighted by Crippen LogP contribution is -2.30. The van der Waals surface area contributed by atoms with Crippen molar-refractivity contribution in [3.05, 3.63) is 29.3 Å². The van der Waals surface area contributed by atoms with Crippen molar-refractivity contribution in [2.75, 3.05) is 0 Å². The molecular formula is C21H36ClNO. The normalized spacial score (nSPS) is 16.7. The van der Waals surface area contributed by atoms with Gasteiger partial charge in [0.05, 0.1) is 0 Å². The Balaban J connectivity index is 0.00000288. The quantitative estimate of drug-likeness (QED) is 0.685. The van der Waals surface area contributed by atoms with E-state index in [4.69, 9.17) is 0 Å². The molecule has 1 saturated carbocycles. The van der Waals surface area contributed by atoms with Crippen LogP contribution < -0.4 is 5.32 Å². The third-order valence-electron chi connectivity index (χ3n) is 5.02. The highest BCUT2D eigenvalue weighted by Crippen LogP contribution is 2.37. The molecule has 0 radical (unpaired) electrons. The Bertz CT molecular complexity index is 513. The first-order valence-corrected chi connectivity index (χ1v) is 9.23. The fourth-order valence-electron chi connectivity index (χ4n) is 4.14. The second-order valence-corrected chi connectivity index (χ2v) is 9.18. The number of hydrogen-bond acceptors (Lipinski definition) is 2. The number of aromatic hydroxyl groups is 1. The van der Waals surface area contributed by atoms with E-state index in [1.165, 1.54) is 37.7 Å². The molecule has 0 aromatic heterocycles. The van der Waals surface area contributed by atoms with E-state index in [2.05, 4.69) is 52.1 Å². The number of benzene rings is 1. The van der Waals surface area contributed by atoms with E-state index in [9.17, 15) is 5.11 Å². The lowest BCUT2D eigenvalue weighted by molar-refractivity contribution is 0.283. The minimum absolute atomic E-state index is 0. The molecule has 2 nitrogen and oxygen atoms in total. The van der Waals surface area contributed by atoms with Crippen molar-refractivity contribution in [2.45, 2.75) is 91.1 Å². The first-order chi connectivity index (χ1) is 10.7. The minimum Gasteiger partial charge on any atom is -0.508 e. The van der Waals surface area contributed by atoms with Gasteiger partial charge in [-0.05, 0) is 41.7 Å². The van der Waals surface area contributed by atoms with E-state index in [1.807, 2.05) is 6.07 Å². The van der Waals surface area contributed by atoms with Crippen molar-refractivity contribution in [3.63, 3.8) is 0 Å². The average Bonchev–Trinajstić information content (AvgIpc) is 2.45. The number of nitrogens with one attached hydrogen (secondary N) is 1. The van der Waals surface area contributed by atoms with Gasteiger partial charge in [-0.1, -0.05) is 66.0 Å². The molecule has 0 saturated heterocycles. The maximum atomic E-state index is 10.2. The van der Waals surface area contributed by atoms with Crippen LogP contribution in [0.3, 0.4) is 0 Å². The van der Waals surface area contributed by atoms with Crippen LogP contribution in [-0.4, -0.2) is 11.1 Å². The Hall–Kier alpha value is -0.730. The lowest BCUT2D eigenvalue weighted by Gasteiger charge is -2.33. The van der Waals surface area contributed by atoms with Gasteiger partial charge in [0.15, 0.2) is 0 Å². The van der Waals surface area contributed by atoms with E-state index in [1.54, 1.807) is 0 Å². The highest BCUT2D eigenvalue weighted by atomic mass is 35.5. The summed E-state index contributed by atoms with van der Waals surface area (Å²) >= 11 is 0. The molecule has 2 rings (SSSR count). The summed E-state index contributed by atoms with van der Waals surface area (Å²) in [6.45, 7) is 12.3. The molecule has 0 heterocycles. The summed E-state index contributed by atoms with van der Waals surface area (Å²) in [4.78, 5) is 0. The zero-order valence-electron chi connectivity index (χ0n) is 16.1. The van der Waals surface area contributed by atoms with Gasteiger partial charge >= 0.3 is 0 Å². The molecule has 3 heteroatoms. The Morgan fingerprint density at radius 1 is 1.04 bits per heavy atom. The van der Waals surface area contributed by atoms with E-state index < -0.39 is 0 Å². The maximum absolute atomic E-state index is 10.2. The molecule has 1 fully saturated rings. The SMILES string of the molecule is CC(C)(C)CC(C)(C)c1ccc(O)c(CNC2CCCCC2)c1.Cl. The standard InChI is InChI=1S/C21H35NO.ClH/c1-20(2,3)15-21(4,5)17-11-12-19(23)16(13-17)14-22-18-9-7-6-8-10-18;/h11-13,18,22-23H,6-10,14-15H2,1-5H3;1H. The maximum Gasteiger partial charge on any atom is 0.120 e. The largest absolute Gasteiger partial charge is 0.508 e. The van der Waals surface area contributed by atoms with Crippen molar-refractivity contribution >= 4 is 12.4 Å². The van der Waals surface area contributed by atoms with E-state index in [0.717, 1.165) is 18.5 Å². The number of halogens is 1. The lowest BCUT2D eigenvalue weighted by atomic mass is 9.72. The average molecular weight is 354 g/mol. The molecule has 138 valence electrons. The second-order valence-electron chi connectivity index (χ2n) is 9.18. The highest BCUT2D eigenvalue weighted by Gasteiger charge is 2.27. The molecule has 2 N–H and O–H groups in total. The molecule has 0 atom stereocenters. The third kappa shape index (κ3) is 6.29. The molecule has 0 unspecified atom stereocenters. The number of phenolic OH excluding ortho intramolecular Hbond substituents is 1. The number of phenols is 1. The molecule has 0 amide bonds. The van der Waals surface area contributed by atoms with E-state index >= 15 is 0 Å². The Labute approximate surface area is 154 Å². The fraction of sp³-hybridized carbons (Fsp3) is 0.714. The summed E-state index contributed by atoms with van der Waals surface area (Å²) in [6.07, 6.45) is 7.72. The van der Waals surface area contributed by atoms with Crippen molar-refractivity contribution in [1.29, 1.82) is 0 Å². The monoisotopic (exact) mass is 353 g/mol. The zero-order chi connectivity index (χ0) is 17.1. The fourth-order valence-corrected chi connectivity index (χ4v) is 4.14. The van der Waals surface area contributed by atoms with Gasteiger partial charge in [-0.25, -0.2) is 0 Å². The van der Waals surface area contributed by atoms with Crippen LogP contribution in [0, 0.1) is 5.41 Å². The molecule has 1 aliphatic carbocycles. The molecule has 0 bridgehead atoms. The van der Waals surface area contributed by atoms with Crippen LogP contribution in [0.5, 0.6) is 5.75 Å². The van der Waals surface area contributed by atoms with Crippen molar-refractivity contribution in [2.24, 2.45) is 5.41 Å². The molecular weight excluding hydrogens is 318 g/mol. The van der Waals surface area contributed by atoms with Crippen LogP contribution in [0.25, 0.3) is 0 Å². The summed E-state index contributed by atoms with van der Waals surface area (Å²) in [5, 5.41) is 13.9. The first kappa shape index (κ1) is 21.3. The molecule has 1 aliphatic rings. The number of rotatable bonds is 5. The van der Waals surface area contributed by atoms with E-state index in [0.29, 0.717) is 17.2 Å². The molecule has 0 aliphatic heterocycles. The predicted molar refractivity (Wildman–Crippen MR) is 106 cm³/mol. The van der Waals surface area contributed by atoms with E-state index in [-0.39, 0.29) is 17.8 Å². The number of hydrogen-bond donors (Lipinski definition) is 2. The van der Waals surface area contributed by atoms with Gasteiger partial charge in [-0.3, -0.25) is 0 Å². The summed E-state index contributed by atoms with van der Waals surface area (Å²) < 4.78 is 0. The van der Waals surface area contributed by atoms with Gasteiger partial charge in [-0.15, -0.1) is 12.4 Å². The van der Waals surface area contributed by atoms with Gasteiger partial charge in [0, 0.05) is 18.2 Å². The van der Waals surface area contributed by atoms with Crippen molar-refractivity contribution in [1.82, 2.24) is 5.32 Å². The Morgan fingerprint density at radius 3 is 2.25 bits per heavy atom. The first-order valence-electron chi connectivity index (χ1n) is 9.23.